The monoisotopic (exact) mass is 242 g/mol. The SMILES string of the molecule is CC(C)(CN)NS(=O)(=O)CC1CC1.Cl. The van der Waals surface area contributed by atoms with Crippen LogP contribution in [0.4, 0.5) is 0 Å². The summed E-state index contributed by atoms with van der Waals surface area (Å²) in [5, 5.41) is 0. The van der Waals surface area contributed by atoms with Crippen molar-refractivity contribution < 1.29 is 8.42 Å². The van der Waals surface area contributed by atoms with E-state index in [9.17, 15) is 8.42 Å². The van der Waals surface area contributed by atoms with Gasteiger partial charge in [-0.3, -0.25) is 0 Å². The largest absolute Gasteiger partial charge is 0.329 e. The van der Waals surface area contributed by atoms with Crippen LogP contribution in [0, 0.1) is 5.92 Å². The fourth-order valence-electron chi connectivity index (χ4n) is 1.10. The lowest BCUT2D eigenvalue weighted by atomic mass is 10.1. The van der Waals surface area contributed by atoms with E-state index in [1.807, 2.05) is 0 Å². The highest BCUT2D eigenvalue weighted by Crippen LogP contribution is 2.30. The first-order chi connectivity index (χ1) is 5.85. The molecule has 1 fully saturated rings. The molecule has 1 rings (SSSR count). The third kappa shape index (κ3) is 5.14. The normalized spacial score (nSPS) is 17.6. The van der Waals surface area contributed by atoms with E-state index in [2.05, 4.69) is 4.72 Å². The Morgan fingerprint density at radius 2 is 1.93 bits per heavy atom. The number of hydrogen-bond donors (Lipinski definition) is 2. The lowest BCUT2D eigenvalue weighted by Gasteiger charge is -2.23. The van der Waals surface area contributed by atoms with Crippen LogP contribution < -0.4 is 10.5 Å². The van der Waals surface area contributed by atoms with Crippen LogP contribution in [0.25, 0.3) is 0 Å². The maximum atomic E-state index is 11.5. The fraction of sp³-hybridized carbons (Fsp3) is 1.00. The zero-order valence-electron chi connectivity index (χ0n) is 8.62. The van der Waals surface area contributed by atoms with Crippen LogP contribution in [0.2, 0.25) is 0 Å². The lowest BCUT2D eigenvalue weighted by Crippen LogP contribution is -2.49. The van der Waals surface area contributed by atoms with E-state index in [-0.39, 0.29) is 18.2 Å². The molecule has 0 radical (unpaired) electrons. The molecular formula is C8H19ClN2O2S. The Labute approximate surface area is 92.1 Å². The van der Waals surface area contributed by atoms with Crippen molar-refractivity contribution in [3.8, 4) is 0 Å². The van der Waals surface area contributed by atoms with Crippen molar-refractivity contribution >= 4 is 22.4 Å². The first-order valence-corrected chi connectivity index (χ1v) is 6.21. The number of nitrogens with two attached hydrogens (primary N) is 1. The molecule has 0 aromatic carbocycles. The molecule has 86 valence electrons. The smallest absolute Gasteiger partial charge is 0.212 e. The number of sulfonamides is 1. The highest BCUT2D eigenvalue weighted by molar-refractivity contribution is 7.89. The van der Waals surface area contributed by atoms with Gasteiger partial charge in [0.05, 0.1) is 5.75 Å². The van der Waals surface area contributed by atoms with Crippen molar-refractivity contribution in [1.82, 2.24) is 4.72 Å². The van der Waals surface area contributed by atoms with Crippen LogP contribution in [-0.4, -0.2) is 26.3 Å². The number of halogens is 1. The molecule has 14 heavy (non-hydrogen) atoms. The molecule has 0 aliphatic heterocycles. The van der Waals surface area contributed by atoms with E-state index >= 15 is 0 Å². The second-order valence-corrected chi connectivity index (χ2v) is 6.18. The summed E-state index contributed by atoms with van der Waals surface area (Å²) in [7, 11) is -3.12. The van der Waals surface area contributed by atoms with Gasteiger partial charge >= 0.3 is 0 Å². The van der Waals surface area contributed by atoms with Gasteiger partial charge in [-0.2, -0.15) is 0 Å². The molecule has 0 unspecified atom stereocenters. The van der Waals surface area contributed by atoms with Crippen LogP contribution in [0.3, 0.4) is 0 Å². The first-order valence-electron chi connectivity index (χ1n) is 4.56. The van der Waals surface area contributed by atoms with Gasteiger partial charge in [0.25, 0.3) is 0 Å². The van der Waals surface area contributed by atoms with Gasteiger partial charge < -0.3 is 5.73 Å². The topological polar surface area (TPSA) is 72.2 Å². The van der Waals surface area contributed by atoms with Gasteiger partial charge in [0, 0.05) is 12.1 Å². The third-order valence-electron chi connectivity index (χ3n) is 2.09. The number of rotatable bonds is 5. The van der Waals surface area contributed by atoms with E-state index < -0.39 is 15.6 Å². The Hall–Kier alpha value is 0.160. The van der Waals surface area contributed by atoms with E-state index in [1.165, 1.54) is 0 Å². The van der Waals surface area contributed by atoms with Crippen LogP contribution in [0.1, 0.15) is 26.7 Å². The van der Waals surface area contributed by atoms with Gasteiger partial charge in [-0.1, -0.05) is 0 Å². The van der Waals surface area contributed by atoms with Gasteiger partial charge in [-0.15, -0.1) is 12.4 Å². The lowest BCUT2D eigenvalue weighted by molar-refractivity contribution is 0.461. The molecule has 0 heterocycles. The molecule has 0 bridgehead atoms. The van der Waals surface area contributed by atoms with Gasteiger partial charge in [0.15, 0.2) is 0 Å². The van der Waals surface area contributed by atoms with Gasteiger partial charge in [-0.05, 0) is 32.6 Å². The Morgan fingerprint density at radius 3 is 2.29 bits per heavy atom. The maximum absolute atomic E-state index is 11.5. The summed E-state index contributed by atoms with van der Waals surface area (Å²) in [4.78, 5) is 0. The quantitative estimate of drug-likeness (QED) is 0.737. The molecule has 0 atom stereocenters. The van der Waals surface area contributed by atoms with Gasteiger partial charge in [0.1, 0.15) is 0 Å². The predicted molar refractivity (Wildman–Crippen MR) is 60.0 cm³/mol. The molecule has 1 aliphatic carbocycles. The summed E-state index contributed by atoms with van der Waals surface area (Å²) in [5.74, 6) is 0.641. The van der Waals surface area contributed by atoms with Gasteiger partial charge in [-0.25, -0.2) is 13.1 Å². The summed E-state index contributed by atoms with van der Waals surface area (Å²) < 4.78 is 25.6. The Balaban J connectivity index is 0.00000169. The second-order valence-electron chi connectivity index (χ2n) is 4.41. The van der Waals surface area contributed by atoms with Crippen molar-refractivity contribution in [3.63, 3.8) is 0 Å². The van der Waals surface area contributed by atoms with Crippen molar-refractivity contribution in [2.24, 2.45) is 11.7 Å². The van der Waals surface area contributed by atoms with Crippen molar-refractivity contribution in [2.45, 2.75) is 32.2 Å². The highest BCUT2D eigenvalue weighted by atomic mass is 35.5. The van der Waals surface area contributed by atoms with E-state index in [0.717, 1.165) is 12.8 Å². The first kappa shape index (κ1) is 14.2. The molecule has 4 nitrogen and oxygen atoms in total. The highest BCUT2D eigenvalue weighted by Gasteiger charge is 2.31. The van der Waals surface area contributed by atoms with E-state index in [4.69, 9.17) is 5.73 Å². The molecule has 1 saturated carbocycles. The van der Waals surface area contributed by atoms with Crippen molar-refractivity contribution in [2.75, 3.05) is 12.3 Å². The summed E-state index contributed by atoms with van der Waals surface area (Å²) in [6, 6.07) is 0. The van der Waals surface area contributed by atoms with E-state index in [0.29, 0.717) is 12.5 Å². The maximum Gasteiger partial charge on any atom is 0.212 e. The van der Waals surface area contributed by atoms with Crippen LogP contribution in [-0.2, 0) is 10.0 Å². The minimum Gasteiger partial charge on any atom is -0.329 e. The van der Waals surface area contributed by atoms with E-state index in [1.54, 1.807) is 13.8 Å². The average Bonchev–Trinajstić information content (AvgIpc) is 2.68. The molecule has 0 saturated heterocycles. The molecule has 6 heteroatoms. The standard InChI is InChI=1S/C8H18N2O2S.ClH/c1-8(2,6-9)10-13(11,12)5-7-3-4-7;/h7,10H,3-6,9H2,1-2H3;1H. The molecule has 3 N–H and O–H groups in total. The molecule has 1 aliphatic rings. The zero-order chi connectivity index (χ0) is 10.1. The molecule has 0 aromatic rings. The van der Waals surface area contributed by atoms with Crippen LogP contribution in [0.15, 0.2) is 0 Å². The van der Waals surface area contributed by atoms with Crippen molar-refractivity contribution in [3.05, 3.63) is 0 Å². The van der Waals surface area contributed by atoms with Crippen LogP contribution in [0.5, 0.6) is 0 Å². The Bertz CT molecular complexity index is 273. The Kier molecular flexibility index (Phi) is 4.84. The summed E-state index contributed by atoms with van der Waals surface area (Å²) in [6.45, 7) is 3.89. The average molecular weight is 243 g/mol. The fourth-order valence-corrected chi connectivity index (χ4v) is 3.06. The predicted octanol–water partition coefficient (Wildman–Crippen LogP) is 0.475. The number of hydrogen-bond acceptors (Lipinski definition) is 3. The summed E-state index contributed by atoms with van der Waals surface area (Å²) in [6.07, 6.45) is 2.09. The molecule has 0 amide bonds. The summed E-state index contributed by atoms with van der Waals surface area (Å²) >= 11 is 0. The summed E-state index contributed by atoms with van der Waals surface area (Å²) in [5.41, 5.74) is 4.91. The number of nitrogens with one attached hydrogen (secondary N) is 1. The van der Waals surface area contributed by atoms with Gasteiger partial charge in [0.2, 0.25) is 10.0 Å². The second kappa shape index (κ2) is 4.79. The minimum absolute atomic E-state index is 0. The molecule has 0 aromatic heterocycles. The van der Waals surface area contributed by atoms with Crippen LogP contribution >= 0.6 is 12.4 Å². The van der Waals surface area contributed by atoms with Crippen molar-refractivity contribution in [1.29, 1.82) is 0 Å². The molecule has 0 spiro atoms. The Morgan fingerprint density at radius 1 is 1.43 bits per heavy atom. The third-order valence-corrected chi connectivity index (χ3v) is 3.87. The minimum atomic E-state index is -3.12. The molecular weight excluding hydrogens is 224 g/mol. The zero-order valence-corrected chi connectivity index (χ0v) is 10.2.